The highest BCUT2D eigenvalue weighted by atomic mass is 35.5. The summed E-state index contributed by atoms with van der Waals surface area (Å²) in [5.74, 6) is 0.353. The fraction of sp³-hybridized carbons (Fsp3) is 0.130. The molecule has 0 fully saturated rings. The number of fused-ring (bicyclic) bond motifs is 2. The van der Waals surface area contributed by atoms with Gasteiger partial charge in [0.2, 0.25) is 0 Å². The molecule has 1 amide bonds. The fourth-order valence-corrected chi connectivity index (χ4v) is 5.39. The van der Waals surface area contributed by atoms with Gasteiger partial charge < -0.3 is 4.90 Å². The maximum atomic E-state index is 13.5. The smallest absolute Gasteiger partial charge is 0.260 e. The molecular weight excluding hydrogens is 432 g/mol. The summed E-state index contributed by atoms with van der Waals surface area (Å²) in [6.07, 6.45) is 5.63. The molecule has 0 radical (unpaired) electrons. The molecule has 31 heavy (non-hydrogen) atoms. The van der Waals surface area contributed by atoms with Crippen molar-refractivity contribution in [3.63, 3.8) is 0 Å². The van der Waals surface area contributed by atoms with Gasteiger partial charge in [0.15, 0.2) is 0 Å². The molecule has 4 aromatic rings. The van der Waals surface area contributed by atoms with Crippen LogP contribution in [0.15, 0.2) is 72.0 Å². The summed E-state index contributed by atoms with van der Waals surface area (Å²) in [6.45, 7) is 0.249. The minimum atomic E-state index is -1.14. The monoisotopic (exact) mass is 448 g/mol. The van der Waals surface area contributed by atoms with Crippen molar-refractivity contribution in [2.75, 3.05) is 10.7 Å². The summed E-state index contributed by atoms with van der Waals surface area (Å²) < 4.78 is 12.7. The van der Waals surface area contributed by atoms with Gasteiger partial charge in [0, 0.05) is 24.3 Å². The van der Waals surface area contributed by atoms with Gasteiger partial charge in [0.1, 0.15) is 5.15 Å². The number of benzene rings is 1. The van der Waals surface area contributed by atoms with Crippen molar-refractivity contribution in [3.8, 4) is 0 Å². The number of rotatable bonds is 4. The predicted octanol–water partition coefficient (Wildman–Crippen LogP) is 4.19. The van der Waals surface area contributed by atoms with E-state index in [0.717, 1.165) is 28.0 Å². The van der Waals surface area contributed by atoms with Crippen molar-refractivity contribution in [3.05, 3.63) is 89.0 Å². The standard InChI is InChI=1S/C23H17ClN4O2S/c24-21-7-6-18-19(27-21)11-15(12-26-18)14-28(23(29)17-4-2-9-25-13-17)20-5-1-3-16-8-10-31(30)22(16)20/h1-7,9,11-13H,8,10,14H2. The zero-order chi connectivity index (χ0) is 21.4. The Kier molecular flexibility index (Phi) is 5.21. The van der Waals surface area contributed by atoms with Crippen molar-refractivity contribution in [1.29, 1.82) is 0 Å². The Morgan fingerprint density at radius 3 is 2.84 bits per heavy atom. The van der Waals surface area contributed by atoms with Gasteiger partial charge in [-0.2, -0.15) is 0 Å². The van der Waals surface area contributed by atoms with E-state index in [0.29, 0.717) is 27.7 Å². The molecule has 1 unspecified atom stereocenters. The van der Waals surface area contributed by atoms with E-state index in [1.165, 1.54) is 6.20 Å². The third-order valence-corrected chi connectivity index (χ3v) is 6.92. The fourth-order valence-electron chi connectivity index (χ4n) is 3.75. The first-order valence-electron chi connectivity index (χ1n) is 9.73. The molecule has 0 aliphatic carbocycles. The van der Waals surface area contributed by atoms with E-state index in [1.807, 2.05) is 24.3 Å². The number of aromatic nitrogens is 3. The first-order chi connectivity index (χ1) is 15.1. The van der Waals surface area contributed by atoms with E-state index in [1.54, 1.807) is 41.6 Å². The highest BCUT2D eigenvalue weighted by Crippen LogP contribution is 2.34. The lowest BCUT2D eigenvalue weighted by molar-refractivity contribution is 0.0984. The first-order valence-corrected chi connectivity index (χ1v) is 11.4. The quantitative estimate of drug-likeness (QED) is 0.437. The second kappa shape index (κ2) is 8.17. The number of carbonyl (C=O) groups excluding carboxylic acids is 1. The minimum absolute atomic E-state index is 0.218. The van der Waals surface area contributed by atoms with Gasteiger partial charge in [-0.1, -0.05) is 23.7 Å². The van der Waals surface area contributed by atoms with Crippen LogP contribution >= 0.6 is 11.6 Å². The molecule has 6 nitrogen and oxygen atoms in total. The van der Waals surface area contributed by atoms with E-state index in [9.17, 15) is 9.00 Å². The van der Waals surface area contributed by atoms with Crippen LogP contribution in [0.4, 0.5) is 5.69 Å². The lowest BCUT2D eigenvalue weighted by Gasteiger charge is -2.25. The first kappa shape index (κ1) is 19.8. The number of hydrogen-bond acceptors (Lipinski definition) is 5. The van der Waals surface area contributed by atoms with Crippen LogP contribution in [-0.2, 0) is 23.8 Å². The molecule has 154 valence electrons. The van der Waals surface area contributed by atoms with Crippen LogP contribution < -0.4 is 4.90 Å². The summed E-state index contributed by atoms with van der Waals surface area (Å²) >= 11 is 6.04. The zero-order valence-corrected chi connectivity index (χ0v) is 17.9. The molecule has 0 N–H and O–H groups in total. The van der Waals surface area contributed by atoms with Crippen LogP contribution in [0.2, 0.25) is 5.15 Å². The largest absolute Gasteiger partial charge is 0.303 e. The molecule has 0 saturated carbocycles. The van der Waals surface area contributed by atoms with Crippen LogP contribution in [-0.4, -0.2) is 30.8 Å². The van der Waals surface area contributed by atoms with E-state index in [4.69, 9.17) is 11.6 Å². The molecule has 3 aromatic heterocycles. The van der Waals surface area contributed by atoms with Crippen LogP contribution in [0, 0.1) is 0 Å². The van der Waals surface area contributed by atoms with E-state index >= 15 is 0 Å². The summed E-state index contributed by atoms with van der Waals surface area (Å²) in [4.78, 5) is 28.7. The average molecular weight is 449 g/mol. The van der Waals surface area contributed by atoms with Gasteiger partial charge in [-0.15, -0.1) is 0 Å². The number of amides is 1. The SMILES string of the molecule is O=C(c1cccnc1)N(Cc1cnc2ccc(Cl)nc2c1)c1cccc2c1S(=O)CC2. The number of aryl methyl sites for hydroxylation is 1. The number of pyridine rings is 3. The summed E-state index contributed by atoms with van der Waals surface area (Å²) in [6, 6.07) is 14.5. The number of carbonyl (C=O) groups is 1. The second-order valence-corrected chi connectivity index (χ2v) is 9.11. The predicted molar refractivity (Wildman–Crippen MR) is 121 cm³/mol. The lowest BCUT2D eigenvalue weighted by atomic mass is 10.1. The molecule has 8 heteroatoms. The van der Waals surface area contributed by atoms with Crippen molar-refractivity contribution in [2.24, 2.45) is 0 Å². The lowest BCUT2D eigenvalue weighted by Crippen LogP contribution is -2.31. The highest BCUT2D eigenvalue weighted by molar-refractivity contribution is 7.85. The zero-order valence-electron chi connectivity index (χ0n) is 16.4. The molecule has 1 aromatic carbocycles. The molecule has 0 bridgehead atoms. The highest BCUT2D eigenvalue weighted by Gasteiger charge is 2.28. The number of hydrogen-bond donors (Lipinski definition) is 0. The third kappa shape index (κ3) is 3.82. The third-order valence-electron chi connectivity index (χ3n) is 5.21. The Morgan fingerprint density at radius 1 is 1.10 bits per heavy atom. The van der Waals surface area contributed by atoms with Gasteiger partial charge in [-0.25, -0.2) is 4.98 Å². The number of nitrogens with zero attached hydrogens (tertiary/aromatic N) is 4. The summed E-state index contributed by atoms with van der Waals surface area (Å²) in [7, 11) is -1.14. The van der Waals surface area contributed by atoms with Crippen LogP contribution in [0.5, 0.6) is 0 Å². The molecule has 1 aliphatic rings. The van der Waals surface area contributed by atoms with E-state index in [-0.39, 0.29) is 12.5 Å². The van der Waals surface area contributed by atoms with Gasteiger partial charge in [-0.05, 0) is 53.9 Å². The topological polar surface area (TPSA) is 76.1 Å². The number of anilines is 1. The van der Waals surface area contributed by atoms with Crippen molar-refractivity contribution >= 4 is 45.0 Å². The van der Waals surface area contributed by atoms with Gasteiger partial charge in [0.05, 0.1) is 44.5 Å². The van der Waals surface area contributed by atoms with E-state index in [2.05, 4.69) is 15.0 Å². The van der Waals surface area contributed by atoms with Crippen LogP contribution in [0.3, 0.4) is 0 Å². The maximum absolute atomic E-state index is 13.5. The molecule has 4 heterocycles. The molecule has 1 aliphatic heterocycles. The van der Waals surface area contributed by atoms with Crippen LogP contribution in [0.1, 0.15) is 21.5 Å². The Bertz CT molecular complexity index is 1330. The molecular formula is C23H17ClN4O2S. The van der Waals surface area contributed by atoms with Crippen molar-refractivity contribution in [1.82, 2.24) is 15.0 Å². The maximum Gasteiger partial charge on any atom is 0.260 e. The molecule has 5 rings (SSSR count). The Balaban J connectivity index is 1.61. The number of halogens is 1. The molecule has 1 atom stereocenters. The Morgan fingerprint density at radius 2 is 2.00 bits per heavy atom. The van der Waals surface area contributed by atoms with Gasteiger partial charge in [-0.3, -0.25) is 19.0 Å². The van der Waals surface area contributed by atoms with Crippen molar-refractivity contribution < 1.29 is 9.00 Å². The van der Waals surface area contributed by atoms with E-state index < -0.39 is 10.8 Å². The molecule has 0 saturated heterocycles. The average Bonchev–Trinajstić information content (AvgIpc) is 3.18. The van der Waals surface area contributed by atoms with Gasteiger partial charge >= 0.3 is 0 Å². The van der Waals surface area contributed by atoms with Crippen molar-refractivity contribution in [2.45, 2.75) is 17.9 Å². The van der Waals surface area contributed by atoms with Gasteiger partial charge in [0.25, 0.3) is 5.91 Å². The van der Waals surface area contributed by atoms with Crippen LogP contribution in [0.25, 0.3) is 11.0 Å². The minimum Gasteiger partial charge on any atom is -0.303 e. The normalized spacial score (nSPS) is 15.1. The summed E-state index contributed by atoms with van der Waals surface area (Å²) in [5, 5.41) is 0.381. The molecule has 0 spiro atoms. The summed E-state index contributed by atoms with van der Waals surface area (Å²) in [5.41, 5.74) is 4.30. The Hall–Kier alpha value is -3.16. The second-order valence-electron chi connectivity index (χ2n) is 7.21. The Labute approximate surface area is 186 Å².